The Morgan fingerprint density at radius 2 is 1.94 bits per heavy atom. The Balaban J connectivity index is 1.87. The minimum atomic E-state index is -0.201. The van der Waals surface area contributed by atoms with Gasteiger partial charge in [0.1, 0.15) is 5.82 Å². The van der Waals surface area contributed by atoms with Crippen molar-refractivity contribution in [2.45, 2.75) is 13.1 Å². The van der Waals surface area contributed by atoms with Crippen LogP contribution in [-0.4, -0.2) is 4.98 Å². The molecule has 4 heteroatoms. The van der Waals surface area contributed by atoms with E-state index in [1.807, 2.05) is 18.3 Å². The highest BCUT2D eigenvalue weighted by Gasteiger charge is 1.97. The van der Waals surface area contributed by atoms with Crippen LogP contribution in [0.15, 0.2) is 47.2 Å². The number of aromatic nitrogens is 1. The predicted molar refractivity (Wildman–Crippen MR) is 68.9 cm³/mol. The van der Waals surface area contributed by atoms with Crippen molar-refractivity contribution in [3.05, 3.63) is 64.1 Å². The van der Waals surface area contributed by atoms with Gasteiger partial charge in [0.25, 0.3) is 0 Å². The van der Waals surface area contributed by atoms with Gasteiger partial charge in [-0.2, -0.15) is 0 Å². The quantitative estimate of drug-likeness (QED) is 0.936. The molecule has 1 aromatic carbocycles. The standard InChI is InChI=1S/C13H12BrFN2/c14-12-4-11(8-17-9-12)7-16-6-10-2-1-3-13(15)5-10/h1-5,8-9,16H,6-7H2. The summed E-state index contributed by atoms with van der Waals surface area (Å²) in [7, 11) is 0. The maximum Gasteiger partial charge on any atom is 0.123 e. The molecule has 1 N–H and O–H groups in total. The molecule has 0 saturated carbocycles. The molecule has 1 aromatic heterocycles. The number of nitrogens with one attached hydrogen (secondary N) is 1. The molecule has 0 bridgehead atoms. The first-order valence-electron chi connectivity index (χ1n) is 5.28. The number of pyridine rings is 1. The molecule has 2 aromatic rings. The third kappa shape index (κ3) is 3.91. The van der Waals surface area contributed by atoms with Crippen LogP contribution in [0.3, 0.4) is 0 Å². The lowest BCUT2D eigenvalue weighted by Gasteiger charge is -2.05. The average Bonchev–Trinajstić information content (AvgIpc) is 2.29. The average molecular weight is 295 g/mol. The lowest BCUT2D eigenvalue weighted by atomic mass is 10.2. The highest BCUT2D eigenvalue weighted by atomic mass is 79.9. The zero-order valence-electron chi connectivity index (χ0n) is 9.16. The molecule has 0 aliphatic carbocycles. The van der Waals surface area contributed by atoms with E-state index in [2.05, 4.69) is 26.2 Å². The fraction of sp³-hybridized carbons (Fsp3) is 0.154. The first-order valence-corrected chi connectivity index (χ1v) is 6.08. The molecule has 1 heterocycles. The molecule has 2 rings (SSSR count). The Morgan fingerprint density at radius 3 is 2.71 bits per heavy atom. The zero-order chi connectivity index (χ0) is 12.1. The van der Waals surface area contributed by atoms with Gasteiger partial charge in [-0.05, 0) is 45.3 Å². The van der Waals surface area contributed by atoms with E-state index in [4.69, 9.17) is 0 Å². The van der Waals surface area contributed by atoms with Crippen molar-refractivity contribution in [2.24, 2.45) is 0 Å². The van der Waals surface area contributed by atoms with Gasteiger partial charge in [0, 0.05) is 30.0 Å². The van der Waals surface area contributed by atoms with E-state index in [1.54, 1.807) is 12.3 Å². The molecule has 0 unspecified atom stereocenters. The van der Waals surface area contributed by atoms with Gasteiger partial charge >= 0.3 is 0 Å². The van der Waals surface area contributed by atoms with Crippen LogP contribution >= 0.6 is 15.9 Å². The Morgan fingerprint density at radius 1 is 1.12 bits per heavy atom. The lowest BCUT2D eigenvalue weighted by Crippen LogP contribution is -2.12. The third-order valence-electron chi connectivity index (χ3n) is 2.31. The van der Waals surface area contributed by atoms with Crippen molar-refractivity contribution in [1.82, 2.24) is 10.3 Å². The Hall–Kier alpha value is -1.26. The van der Waals surface area contributed by atoms with Crippen LogP contribution in [0.2, 0.25) is 0 Å². The van der Waals surface area contributed by atoms with E-state index in [1.165, 1.54) is 12.1 Å². The molecule has 0 spiro atoms. The highest BCUT2D eigenvalue weighted by Crippen LogP contribution is 2.09. The van der Waals surface area contributed by atoms with E-state index >= 15 is 0 Å². The van der Waals surface area contributed by atoms with Crippen molar-refractivity contribution in [3.8, 4) is 0 Å². The summed E-state index contributed by atoms with van der Waals surface area (Å²) in [6.07, 6.45) is 3.55. The van der Waals surface area contributed by atoms with Crippen LogP contribution in [0.1, 0.15) is 11.1 Å². The predicted octanol–water partition coefficient (Wildman–Crippen LogP) is 3.27. The summed E-state index contributed by atoms with van der Waals surface area (Å²) in [4.78, 5) is 4.08. The maximum atomic E-state index is 12.9. The van der Waals surface area contributed by atoms with Gasteiger partial charge in [-0.1, -0.05) is 12.1 Å². The monoisotopic (exact) mass is 294 g/mol. The van der Waals surface area contributed by atoms with Crippen molar-refractivity contribution in [3.63, 3.8) is 0 Å². The second-order valence-corrected chi connectivity index (χ2v) is 4.66. The Labute approximate surface area is 108 Å². The number of benzene rings is 1. The summed E-state index contributed by atoms with van der Waals surface area (Å²) in [6.45, 7) is 1.35. The van der Waals surface area contributed by atoms with Gasteiger partial charge in [-0.3, -0.25) is 4.98 Å². The summed E-state index contributed by atoms with van der Waals surface area (Å²) in [5, 5.41) is 3.24. The van der Waals surface area contributed by atoms with Crippen LogP contribution in [0.5, 0.6) is 0 Å². The molecule has 17 heavy (non-hydrogen) atoms. The number of hydrogen-bond acceptors (Lipinski definition) is 2. The van der Waals surface area contributed by atoms with Crippen molar-refractivity contribution < 1.29 is 4.39 Å². The van der Waals surface area contributed by atoms with Crippen LogP contribution in [0.25, 0.3) is 0 Å². The summed E-state index contributed by atoms with van der Waals surface area (Å²) in [5.74, 6) is -0.201. The molecule has 0 radical (unpaired) electrons. The molecule has 2 nitrogen and oxygen atoms in total. The SMILES string of the molecule is Fc1cccc(CNCc2cncc(Br)c2)c1. The topological polar surface area (TPSA) is 24.9 Å². The van der Waals surface area contributed by atoms with Crippen LogP contribution in [0.4, 0.5) is 4.39 Å². The molecule has 0 atom stereocenters. The van der Waals surface area contributed by atoms with Gasteiger partial charge in [0.05, 0.1) is 0 Å². The van der Waals surface area contributed by atoms with Gasteiger partial charge in [-0.15, -0.1) is 0 Å². The third-order valence-corrected chi connectivity index (χ3v) is 2.74. The van der Waals surface area contributed by atoms with Gasteiger partial charge in [-0.25, -0.2) is 4.39 Å². The van der Waals surface area contributed by atoms with E-state index in [9.17, 15) is 4.39 Å². The molecular weight excluding hydrogens is 283 g/mol. The van der Waals surface area contributed by atoms with Crippen molar-refractivity contribution in [2.75, 3.05) is 0 Å². The lowest BCUT2D eigenvalue weighted by molar-refractivity contribution is 0.620. The van der Waals surface area contributed by atoms with E-state index < -0.39 is 0 Å². The normalized spacial score (nSPS) is 10.5. The van der Waals surface area contributed by atoms with E-state index in [0.29, 0.717) is 13.1 Å². The number of halogens is 2. The van der Waals surface area contributed by atoms with E-state index in [0.717, 1.165) is 15.6 Å². The second kappa shape index (κ2) is 5.89. The largest absolute Gasteiger partial charge is 0.309 e. The number of nitrogens with zero attached hydrogens (tertiary/aromatic N) is 1. The molecule has 0 amide bonds. The van der Waals surface area contributed by atoms with Gasteiger partial charge in [0.2, 0.25) is 0 Å². The van der Waals surface area contributed by atoms with E-state index in [-0.39, 0.29) is 5.82 Å². The Kier molecular flexibility index (Phi) is 4.23. The summed E-state index contributed by atoms with van der Waals surface area (Å²) in [6, 6.07) is 8.60. The van der Waals surface area contributed by atoms with Crippen LogP contribution < -0.4 is 5.32 Å². The molecule has 0 fully saturated rings. The second-order valence-electron chi connectivity index (χ2n) is 3.74. The smallest absolute Gasteiger partial charge is 0.123 e. The summed E-state index contributed by atoms with van der Waals surface area (Å²) >= 11 is 3.37. The fourth-order valence-corrected chi connectivity index (χ4v) is 1.96. The zero-order valence-corrected chi connectivity index (χ0v) is 10.7. The van der Waals surface area contributed by atoms with Crippen molar-refractivity contribution in [1.29, 1.82) is 0 Å². The Bertz CT molecular complexity index is 457. The number of hydrogen-bond donors (Lipinski definition) is 1. The maximum absolute atomic E-state index is 12.9. The molecule has 88 valence electrons. The molecule has 0 aliphatic rings. The highest BCUT2D eigenvalue weighted by molar-refractivity contribution is 9.10. The van der Waals surface area contributed by atoms with Crippen molar-refractivity contribution >= 4 is 15.9 Å². The number of rotatable bonds is 4. The minimum Gasteiger partial charge on any atom is -0.309 e. The first-order chi connectivity index (χ1) is 8.24. The first kappa shape index (κ1) is 12.2. The summed E-state index contributed by atoms with van der Waals surface area (Å²) < 4.78 is 13.9. The summed E-state index contributed by atoms with van der Waals surface area (Å²) in [5.41, 5.74) is 2.03. The van der Waals surface area contributed by atoms with Gasteiger partial charge < -0.3 is 5.32 Å². The molecular formula is C13H12BrFN2. The molecule has 0 aliphatic heterocycles. The van der Waals surface area contributed by atoms with Gasteiger partial charge in [0.15, 0.2) is 0 Å². The van der Waals surface area contributed by atoms with Crippen LogP contribution in [0, 0.1) is 5.82 Å². The van der Waals surface area contributed by atoms with Crippen LogP contribution in [-0.2, 0) is 13.1 Å². The fourth-order valence-electron chi connectivity index (χ4n) is 1.55. The molecule has 0 saturated heterocycles. The minimum absolute atomic E-state index is 0.201.